The Labute approximate surface area is 341 Å². The van der Waals surface area contributed by atoms with Crippen LogP contribution in [-0.2, 0) is 5.41 Å². The van der Waals surface area contributed by atoms with E-state index in [9.17, 15) is 0 Å². The Morgan fingerprint density at radius 1 is 0.431 bits per heavy atom. The van der Waals surface area contributed by atoms with E-state index in [2.05, 4.69) is 199 Å². The smallest absolute Gasteiger partial charge is 0.145 e. The molecule has 0 radical (unpaired) electrons. The van der Waals surface area contributed by atoms with E-state index in [0.29, 0.717) is 0 Å². The minimum absolute atomic E-state index is 0.507. The Kier molecular flexibility index (Phi) is 7.23. The summed E-state index contributed by atoms with van der Waals surface area (Å²) in [6, 6.07) is 72.6. The van der Waals surface area contributed by atoms with Gasteiger partial charge in [0.2, 0.25) is 0 Å². The molecule has 10 aromatic rings. The first-order valence-electron chi connectivity index (χ1n) is 19.7. The Balaban J connectivity index is 1.05. The van der Waals surface area contributed by atoms with Crippen LogP contribution in [0.3, 0.4) is 0 Å². The van der Waals surface area contributed by atoms with E-state index >= 15 is 0 Å². The summed E-state index contributed by atoms with van der Waals surface area (Å²) in [5.74, 6) is 0.911. The second-order valence-electron chi connectivity index (χ2n) is 15.3. The third-order valence-corrected chi connectivity index (χ3v) is 13.4. The van der Waals surface area contributed by atoms with Crippen molar-refractivity contribution < 1.29 is 0 Å². The fourth-order valence-corrected chi connectivity index (χ4v) is 10.9. The van der Waals surface area contributed by atoms with Crippen LogP contribution < -0.4 is 5.73 Å². The molecular weight excluding hydrogens is 723 g/mol. The molecule has 0 unspecified atom stereocenters. The highest BCUT2D eigenvalue weighted by molar-refractivity contribution is 7.99. The second-order valence-corrected chi connectivity index (χ2v) is 16.4. The number of nitrogen functional groups attached to an aromatic ring is 1. The van der Waals surface area contributed by atoms with Crippen molar-refractivity contribution in [1.82, 2.24) is 9.55 Å². The van der Waals surface area contributed by atoms with Crippen molar-refractivity contribution in [3.05, 3.63) is 222 Å². The molecule has 12 rings (SSSR count). The molecule has 1 aliphatic heterocycles. The van der Waals surface area contributed by atoms with Gasteiger partial charge in [-0.2, -0.15) is 0 Å². The van der Waals surface area contributed by atoms with Gasteiger partial charge in [-0.15, -0.1) is 0 Å². The van der Waals surface area contributed by atoms with Gasteiger partial charge in [-0.3, -0.25) is 4.57 Å². The first kappa shape index (κ1) is 33.0. The summed E-state index contributed by atoms with van der Waals surface area (Å²) >= 11 is 1.84. The van der Waals surface area contributed by atoms with Crippen LogP contribution in [0.25, 0.3) is 72.3 Å². The quantitative estimate of drug-likeness (QED) is 0.182. The summed E-state index contributed by atoms with van der Waals surface area (Å²) in [5.41, 5.74) is 23.5. The molecule has 1 aromatic heterocycles. The number of hydrogen-bond acceptors (Lipinski definition) is 3. The van der Waals surface area contributed by atoms with Crippen molar-refractivity contribution in [1.29, 1.82) is 0 Å². The highest BCUT2D eigenvalue weighted by Crippen LogP contribution is 2.62. The van der Waals surface area contributed by atoms with E-state index in [1.165, 1.54) is 65.1 Å². The molecule has 272 valence electrons. The first-order valence-corrected chi connectivity index (χ1v) is 20.6. The van der Waals surface area contributed by atoms with Gasteiger partial charge in [0.05, 0.1) is 22.1 Å². The highest BCUT2D eigenvalue weighted by Gasteiger charge is 2.50. The minimum Gasteiger partial charge on any atom is -0.399 e. The lowest BCUT2D eigenvalue weighted by molar-refractivity contribution is 0.723. The molecule has 58 heavy (non-hydrogen) atoms. The molecule has 2 aliphatic rings. The lowest BCUT2D eigenvalue weighted by Gasteiger charge is -2.40. The number of anilines is 1. The maximum Gasteiger partial charge on any atom is 0.145 e. The Hall–Kier alpha value is -7.14. The molecular formula is C54H35N3S. The number of fused-ring (bicyclic) bond motifs is 11. The lowest BCUT2D eigenvalue weighted by atomic mass is 9.67. The van der Waals surface area contributed by atoms with Crippen LogP contribution in [0, 0.1) is 0 Å². The maximum atomic E-state index is 6.62. The van der Waals surface area contributed by atoms with Crippen LogP contribution in [0.4, 0.5) is 5.69 Å². The SMILES string of the molecule is Nc1ccc2c(c1)C1(c3cc(-c4cccc(-c5nc6ccccc6n5-c5ccc(-c6ccccc6)c6ccccc56)c4)ccc3S2)c2ccccc2-c2ccccc21. The number of hydrogen-bond donors (Lipinski definition) is 1. The summed E-state index contributed by atoms with van der Waals surface area (Å²) in [7, 11) is 0. The Morgan fingerprint density at radius 2 is 1.05 bits per heavy atom. The van der Waals surface area contributed by atoms with E-state index < -0.39 is 5.41 Å². The van der Waals surface area contributed by atoms with Gasteiger partial charge in [-0.05, 0) is 116 Å². The van der Waals surface area contributed by atoms with Gasteiger partial charge in [0, 0.05) is 26.4 Å². The molecule has 0 fully saturated rings. The molecule has 4 heteroatoms. The zero-order valence-electron chi connectivity index (χ0n) is 31.4. The van der Waals surface area contributed by atoms with Gasteiger partial charge in [-0.1, -0.05) is 157 Å². The monoisotopic (exact) mass is 757 g/mol. The standard InChI is InChI=1S/C54H35N3S/c55-38-26-30-52-47(33-38)54(44-21-8-6-18-41(44)42-19-7-9-22-45(42)54)46-32-36(25-29-51(46)58-52)35-15-12-16-37(31-35)53-56-48-23-10-11-24-50(48)57(53)49-28-27-39(34-13-2-1-3-14-34)40-17-4-5-20-43(40)49/h1-33H,55H2. The van der Waals surface area contributed by atoms with Crippen molar-refractivity contribution in [2.75, 3.05) is 5.73 Å². The predicted molar refractivity (Wildman–Crippen MR) is 241 cm³/mol. The van der Waals surface area contributed by atoms with Crippen LogP contribution in [0.5, 0.6) is 0 Å². The molecule has 1 spiro atoms. The largest absolute Gasteiger partial charge is 0.399 e. The fourth-order valence-electron chi connectivity index (χ4n) is 9.75. The number of imidazole rings is 1. The molecule has 2 heterocycles. The van der Waals surface area contributed by atoms with Crippen LogP contribution >= 0.6 is 11.8 Å². The number of aromatic nitrogens is 2. The Morgan fingerprint density at radius 3 is 1.86 bits per heavy atom. The molecule has 0 atom stereocenters. The van der Waals surface area contributed by atoms with E-state index in [0.717, 1.165) is 44.9 Å². The third kappa shape index (κ3) is 4.73. The first-order chi connectivity index (χ1) is 28.7. The zero-order valence-corrected chi connectivity index (χ0v) is 32.2. The van der Waals surface area contributed by atoms with Crippen LogP contribution in [0.2, 0.25) is 0 Å². The van der Waals surface area contributed by atoms with Crippen LogP contribution in [0.15, 0.2) is 210 Å². The number of rotatable bonds is 4. The van der Waals surface area contributed by atoms with Crippen LogP contribution in [0.1, 0.15) is 22.3 Å². The number of benzene rings is 9. The predicted octanol–water partition coefficient (Wildman–Crippen LogP) is 13.6. The molecule has 2 N–H and O–H groups in total. The van der Waals surface area contributed by atoms with Crippen molar-refractivity contribution in [2.24, 2.45) is 0 Å². The number of nitrogens with zero attached hydrogens (tertiary/aromatic N) is 2. The minimum atomic E-state index is -0.507. The van der Waals surface area contributed by atoms with E-state index in [1.54, 1.807) is 0 Å². The van der Waals surface area contributed by atoms with E-state index in [-0.39, 0.29) is 0 Å². The highest BCUT2D eigenvalue weighted by atomic mass is 32.2. The van der Waals surface area contributed by atoms with Crippen molar-refractivity contribution in [3.63, 3.8) is 0 Å². The van der Waals surface area contributed by atoms with Crippen molar-refractivity contribution >= 4 is 39.3 Å². The average Bonchev–Trinajstić information content (AvgIpc) is 3.81. The maximum absolute atomic E-state index is 6.62. The number of para-hydroxylation sites is 2. The number of nitrogens with two attached hydrogens (primary N) is 1. The molecule has 9 aromatic carbocycles. The van der Waals surface area contributed by atoms with E-state index in [4.69, 9.17) is 10.7 Å². The normalized spacial score (nSPS) is 13.3. The summed E-state index contributed by atoms with van der Waals surface area (Å²) < 4.78 is 2.35. The fraction of sp³-hybridized carbons (Fsp3) is 0.0185. The molecule has 0 amide bonds. The van der Waals surface area contributed by atoms with Gasteiger partial charge in [0.1, 0.15) is 5.82 Å². The molecule has 0 bridgehead atoms. The lowest BCUT2D eigenvalue weighted by Crippen LogP contribution is -2.32. The average molecular weight is 758 g/mol. The second kappa shape index (κ2) is 12.7. The zero-order chi connectivity index (χ0) is 38.4. The molecule has 0 saturated heterocycles. The summed E-state index contributed by atoms with van der Waals surface area (Å²) in [5, 5.41) is 2.39. The van der Waals surface area contributed by atoms with Gasteiger partial charge in [0.15, 0.2) is 0 Å². The summed E-state index contributed by atoms with van der Waals surface area (Å²) in [6.45, 7) is 0. The summed E-state index contributed by atoms with van der Waals surface area (Å²) in [6.07, 6.45) is 0. The van der Waals surface area contributed by atoms with Gasteiger partial charge in [0.25, 0.3) is 0 Å². The molecule has 3 nitrogen and oxygen atoms in total. The Bertz CT molecular complexity index is 3240. The topological polar surface area (TPSA) is 43.8 Å². The summed E-state index contributed by atoms with van der Waals surface area (Å²) in [4.78, 5) is 7.84. The van der Waals surface area contributed by atoms with Gasteiger partial charge < -0.3 is 5.73 Å². The van der Waals surface area contributed by atoms with Gasteiger partial charge in [-0.25, -0.2) is 4.98 Å². The van der Waals surface area contributed by atoms with Gasteiger partial charge >= 0.3 is 0 Å². The van der Waals surface area contributed by atoms with Crippen molar-refractivity contribution in [3.8, 4) is 50.5 Å². The van der Waals surface area contributed by atoms with Crippen LogP contribution in [-0.4, -0.2) is 9.55 Å². The molecule has 1 aliphatic carbocycles. The van der Waals surface area contributed by atoms with Crippen molar-refractivity contribution in [2.45, 2.75) is 15.2 Å². The van der Waals surface area contributed by atoms with E-state index in [1.807, 2.05) is 17.8 Å². The third-order valence-electron chi connectivity index (χ3n) is 12.2. The molecule has 0 saturated carbocycles.